The van der Waals surface area contributed by atoms with Gasteiger partial charge in [0.2, 0.25) is 5.91 Å². The first-order chi connectivity index (χ1) is 15.2. The highest BCUT2D eigenvalue weighted by molar-refractivity contribution is 5.94. The Morgan fingerprint density at radius 3 is 2.45 bits per heavy atom. The van der Waals surface area contributed by atoms with E-state index in [2.05, 4.69) is 16.8 Å². The van der Waals surface area contributed by atoms with E-state index in [0.29, 0.717) is 50.4 Å². The molecule has 3 aliphatic rings. The van der Waals surface area contributed by atoms with Crippen molar-refractivity contribution in [2.24, 2.45) is 0 Å². The van der Waals surface area contributed by atoms with Crippen LogP contribution in [-0.4, -0.2) is 90.0 Å². The predicted octanol–water partition coefficient (Wildman–Crippen LogP) is 2.52. The molecule has 0 aromatic carbocycles. The van der Waals surface area contributed by atoms with E-state index in [1.807, 2.05) is 21.9 Å². The van der Waals surface area contributed by atoms with Crippen LogP contribution < -0.4 is 0 Å². The molecule has 0 N–H and O–H groups in total. The molecule has 1 aromatic heterocycles. The van der Waals surface area contributed by atoms with Gasteiger partial charge in [0.05, 0.1) is 25.3 Å². The summed E-state index contributed by atoms with van der Waals surface area (Å²) in [5.41, 5.74) is 1.68. The lowest BCUT2D eigenvalue weighted by atomic mass is 9.92. The monoisotopic (exact) mass is 428 g/mol. The van der Waals surface area contributed by atoms with E-state index in [4.69, 9.17) is 4.74 Å². The topological polar surface area (TPSA) is 66.0 Å². The molecule has 4 heterocycles. The zero-order chi connectivity index (χ0) is 21.6. The van der Waals surface area contributed by atoms with E-state index in [1.165, 1.54) is 19.3 Å². The van der Waals surface area contributed by atoms with Crippen LogP contribution in [0.2, 0.25) is 0 Å². The summed E-state index contributed by atoms with van der Waals surface area (Å²) in [7, 11) is 0. The van der Waals surface area contributed by atoms with E-state index in [9.17, 15) is 9.59 Å². The number of morpholine rings is 1. The van der Waals surface area contributed by atoms with Crippen molar-refractivity contribution >= 4 is 11.8 Å². The molecular weight excluding hydrogens is 392 g/mol. The number of carbonyl (C=O) groups is 2. The smallest absolute Gasteiger partial charge is 0.255 e. The van der Waals surface area contributed by atoms with Crippen molar-refractivity contribution in [1.29, 1.82) is 0 Å². The largest absolute Gasteiger partial charge is 0.378 e. The van der Waals surface area contributed by atoms with Crippen molar-refractivity contribution in [3.05, 3.63) is 29.6 Å². The second-order valence-electron chi connectivity index (χ2n) is 9.06. The van der Waals surface area contributed by atoms with Gasteiger partial charge in [-0.1, -0.05) is 13.3 Å². The maximum atomic E-state index is 12.9. The normalized spacial score (nSPS) is 23.7. The number of hydrogen-bond acceptors (Lipinski definition) is 5. The summed E-state index contributed by atoms with van der Waals surface area (Å²) in [6.07, 6.45) is 8.44. The quantitative estimate of drug-likeness (QED) is 0.721. The number of amides is 2. The van der Waals surface area contributed by atoms with Gasteiger partial charge in [0.1, 0.15) is 0 Å². The highest BCUT2D eigenvalue weighted by Gasteiger charge is 2.28. The molecule has 0 bridgehead atoms. The number of hydrogen-bond donors (Lipinski definition) is 0. The third-order valence-electron chi connectivity index (χ3n) is 7.16. The maximum absolute atomic E-state index is 12.9. The molecular formula is C24H36N4O3. The van der Waals surface area contributed by atoms with Crippen LogP contribution in [0.3, 0.4) is 0 Å². The van der Waals surface area contributed by atoms with Crippen LogP contribution in [0, 0.1) is 0 Å². The molecule has 3 saturated heterocycles. The summed E-state index contributed by atoms with van der Waals surface area (Å²) < 4.78 is 5.32. The predicted molar refractivity (Wildman–Crippen MR) is 119 cm³/mol. The Morgan fingerprint density at radius 2 is 1.77 bits per heavy atom. The average molecular weight is 429 g/mol. The standard InChI is InChI=1S/C24H36N4O3/c1-2-21-5-3-4-10-28(21)18-23(29)26-11-8-19(9-12-26)22-7-6-20(17-25-22)24(30)27-13-15-31-16-14-27/h6-7,17,19,21H,2-5,8-16,18H2,1H3. The fourth-order valence-corrected chi connectivity index (χ4v) is 5.15. The van der Waals surface area contributed by atoms with Crippen LogP contribution in [0.25, 0.3) is 0 Å². The minimum absolute atomic E-state index is 0.0332. The van der Waals surface area contributed by atoms with Gasteiger partial charge in [0.25, 0.3) is 5.91 Å². The number of ether oxygens (including phenoxy) is 1. The molecule has 0 radical (unpaired) electrons. The van der Waals surface area contributed by atoms with Gasteiger partial charge < -0.3 is 14.5 Å². The number of pyridine rings is 1. The maximum Gasteiger partial charge on any atom is 0.255 e. The number of aromatic nitrogens is 1. The summed E-state index contributed by atoms with van der Waals surface area (Å²) in [6, 6.07) is 4.46. The van der Waals surface area contributed by atoms with Crippen LogP contribution in [0.15, 0.2) is 18.3 Å². The van der Waals surface area contributed by atoms with Crippen LogP contribution in [-0.2, 0) is 9.53 Å². The molecule has 170 valence electrons. The molecule has 1 aromatic rings. The Labute approximate surface area is 185 Å². The Balaban J connectivity index is 1.27. The summed E-state index contributed by atoms with van der Waals surface area (Å²) in [5.74, 6) is 0.666. The lowest BCUT2D eigenvalue weighted by Crippen LogP contribution is -2.48. The van der Waals surface area contributed by atoms with E-state index >= 15 is 0 Å². The fourth-order valence-electron chi connectivity index (χ4n) is 5.15. The molecule has 0 spiro atoms. The molecule has 1 unspecified atom stereocenters. The molecule has 7 heteroatoms. The van der Waals surface area contributed by atoms with Crippen molar-refractivity contribution in [2.45, 2.75) is 57.4 Å². The van der Waals surface area contributed by atoms with Crippen molar-refractivity contribution < 1.29 is 14.3 Å². The van der Waals surface area contributed by atoms with Crippen molar-refractivity contribution in [1.82, 2.24) is 19.7 Å². The van der Waals surface area contributed by atoms with Gasteiger partial charge >= 0.3 is 0 Å². The van der Waals surface area contributed by atoms with Gasteiger partial charge in [0.15, 0.2) is 0 Å². The minimum Gasteiger partial charge on any atom is -0.378 e. The lowest BCUT2D eigenvalue weighted by molar-refractivity contribution is -0.134. The molecule has 2 amide bonds. The van der Waals surface area contributed by atoms with E-state index < -0.39 is 0 Å². The van der Waals surface area contributed by atoms with Gasteiger partial charge in [-0.3, -0.25) is 19.5 Å². The Kier molecular flexibility index (Phi) is 7.56. The molecule has 4 rings (SSSR count). The number of piperidine rings is 2. The highest BCUT2D eigenvalue weighted by Crippen LogP contribution is 2.27. The lowest BCUT2D eigenvalue weighted by Gasteiger charge is -2.37. The van der Waals surface area contributed by atoms with Crippen LogP contribution in [0.4, 0.5) is 0 Å². The SMILES string of the molecule is CCC1CCCCN1CC(=O)N1CCC(c2ccc(C(=O)N3CCOCC3)cn2)CC1. The molecule has 3 aliphatic heterocycles. The summed E-state index contributed by atoms with van der Waals surface area (Å²) in [4.78, 5) is 36.3. The first-order valence-electron chi connectivity index (χ1n) is 12.0. The molecule has 3 fully saturated rings. The molecule has 0 saturated carbocycles. The van der Waals surface area contributed by atoms with Crippen molar-refractivity contribution in [3.8, 4) is 0 Å². The Bertz CT molecular complexity index is 740. The fraction of sp³-hybridized carbons (Fsp3) is 0.708. The zero-order valence-corrected chi connectivity index (χ0v) is 18.8. The van der Waals surface area contributed by atoms with Crippen LogP contribution in [0.5, 0.6) is 0 Å². The second kappa shape index (κ2) is 10.6. The summed E-state index contributed by atoms with van der Waals surface area (Å²) in [5, 5.41) is 0. The minimum atomic E-state index is 0.0332. The first kappa shape index (κ1) is 22.2. The summed E-state index contributed by atoms with van der Waals surface area (Å²) in [6.45, 7) is 7.93. The third kappa shape index (κ3) is 5.44. The van der Waals surface area contributed by atoms with Gasteiger partial charge in [0, 0.05) is 50.0 Å². The van der Waals surface area contributed by atoms with E-state index in [1.54, 1.807) is 6.20 Å². The van der Waals surface area contributed by atoms with E-state index in [-0.39, 0.29) is 11.8 Å². The molecule has 31 heavy (non-hydrogen) atoms. The molecule has 0 aliphatic carbocycles. The van der Waals surface area contributed by atoms with Gasteiger partial charge in [-0.2, -0.15) is 0 Å². The second-order valence-corrected chi connectivity index (χ2v) is 9.06. The number of nitrogens with zero attached hydrogens (tertiary/aromatic N) is 4. The Morgan fingerprint density at radius 1 is 1.00 bits per heavy atom. The molecule has 1 atom stereocenters. The summed E-state index contributed by atoms with van der Waals surface area (Å²) >= 11 is 0. The zero-order valence-electron chi connectivity index (χ0n) is 18.8. The van der Waals surface area contributed by atoms with Gasteiger partial charge in [-0.25, -0.2) is 0 Å². The van der Waals surface area contributed by atoms with Crippen molar-refractivity contribution in [3.63, 3.8) is 0 Å². The van der Waals surface area contributed by atoms with Crippen LogP contribution in [0.1, 0.15) is 67.4 Å². The third-order valence-corrected chi connectivity index (χ3v) is 7.16. The number of carbonyl (C=O) groups excluding carboxylic acids is 2. The average Bonchev–Trinajstić information content (AvgIpc) is 2.84. The van der Waals surface area contributed by atoms with Gasteiger partial charge in [-0.05, 0) is 50.8 Å². The van der Waals surface area contributed by atoms with E-state index in [0.717, 1.165) is 44.6 Å². The number of rotatable bonds is 5. The van der Waals surface area contributed by atoms with Crippen LogP contribution >= 0.6 is 0 Å². The highest BCUT2D eigenvalue weighted by atomic mass is 16.5. The molecule has 7 nitrogen and oxygen atoms in total. The van der Waals surface area contributed by atoms with Gasteiger partial charge in [-0.15, -0.1) is 0 Å². The number of likely N-dealkylation sites (tertiary alicyclic amines) is 2. The Hall–Kier alpha value is -1.99. The first-order valence-corrected chi connectivity index (χ1v) is 12.0. The van der Waals surface area contributed by atoms with Crippen molar-refractivity contribution in [2.75, 3.05) is 52.5 Å².